The summed E-state index contributed by atoms with van der Waals surface area (Å²) >= 11 is 0. The summed E-state index contributed by atoms with van der Waals surface area (Å²) in [5.41, 5.74) is 1.17. The first-order valence-corrected chi connectivity index (χ1v) is 11.7. The van der Waals surface area contributed by atoms with Crippen molar-refractivity contribution in [1.29, 1.82) is 0 Å². The van der Waals surface area contributed by atoms with Gasteiger partial charge in [0.15, 0.2) is 0 Å². The van der Waals surface area contributed by atoms with Gasteiger partial charge in [-0.1, -0.05) is 31.5 Å². The van der Waals surface area contributed by atoms with E-state index in [1.165, 1.54) is 0 Å². The summed E-state index contributed by atoms with van der Waals surface area (Å²) in [7, 11) is 0. The first kappa shape index (κ1) is 24.3. The standard InChI is InChI=1S/C26H33N3O4/c1-2-3-19-33-22-14-12-21(13-15-22)26(32)29-18-7-11-23(29)25(31)28-17-8-16-27-24(30)20-9-5-4-6-10-20/h4-6,9-10,12-15,23H,2-3,7-8,11,16-19H2,1H3,(H,27,30)(H,28,31)/t23-/m1/s1. The maximum atomic E-state index is 13.0. The third-order valence-electron chi connectivity index (χ3n) is 5.66. The molecule has 0 radical (unpaired) electrons. The zero-order valence-electron chi connectivity index (χ0n) is 19.2. The molecule has 0 bridgehead atoms. The van der Waals surface area contributed by atoms with Crippen LogP contribution < -0.4 is 15.4 Å². The van der Waals surface area contributed by atoms with E-state index in [1.54, 1.807) is 41.3 Å². The molecule has 1 aliphatic heterocycles. The molecule has 0 unspecified atom stereocenters. The van der Waals surface area contributed by atoms with Gasteiger partial charge in [0.05, 0.1) is 6.61 Å². The van der Waals surface area contributed by atoms with Crippen molar-refractivity contribution in [2.45, 2.75) is 45.1 Å². The molecular weight excluding hydrogens is 418 g/mol. The Bertz CT molecular complexity index is 915. The highest BCUT2D eigenvalue weighted by Gasteiger charge is 2.34. The Labute approximate surface area is 195 Å². The normalized spacial score (nSPS) is 15.2. The predicted octanol–water partition coefficient (Wildman–Crippen LogP) is 3.41. The van der Waals surface area contributed by atoms with Crippen LogP contribution in [0.4, 0.5) is 0 Å². The van der Waals surface area contributed by atoms with Crippen molar-refractivity contribution < 1.29 is 19.1 Å². The van der Waals surface area contributed by atoms with Crippen LogP contribution in [0.1, 0.15) is 59.7 Å². The van der Waals surface area contributed by atoms with Gasteiger partial charge in [-0.15, -0.1) is 0 Å². The number of carbonyl (C=O) groups excluding carboxylic acids is 3. The number of rotatable bonds is 11. The molecule has 0 aliphatic carbocycles. The summed E-state index contributed by atoms with van der Waals surface area (Å²) in [6.45, 7) is 4.24. The summed E-state index contributed by atoms with van der Waals surface area (Å²) in [6, 6.07) is 15.7. The molecular formula is C26H33N3O4. The lowest BCUT2D eigenvalue weighted by Gasteiger charge is -2.24. The second kappa shape index (κ2) is 12.6. The van der Waals surface area contributed by atoms with Crippen LogP contribution in [0, 0.1) is 0 Å². The van der Waals surface area contributed by atoms with Gasteiger partial charge in [0, 0.05) is 30.8 Å². The molecule has 0 aromatic heterocycles. The Morgan fingerprint density at radius 2 is 1.67 bits per heavy atom. The maximum absolute atomic E-state index is 13.0. The molecule has 1 atom stereocenters. The van der Waals surface area contributed by atoms with E-state index in [1.807, 2.05) is 18.2 Å². The summed E-state index contributed by atoms with van der Waals surface area (Å²) in [6.07, 6.45) is 4.13. The van der Waals surface area contributed by atoms with Crippen LogP contribution in [0.25, 0.3) is 0 Å². The molecule has 2 N–H and O–H groups in total. The van der Waals surface area contributed by atoms with E-state index in [2.05, 4.69) is 17.6 Å². The summed E-state index contributed by atoms with van der Waals surface area (Å²) in [5.74, 6) is 0.337. The molecule has 33 heavy (non-hydrogen) atoms. The van der Waals surface area contributed by atoms with Crippen molar-refractivity contribution >= 4 is 17.7 Å². The van der Waals surface area contributed by atoms with Crippen molar-refractivity contribution in [3.63, 3.8) is 0 Å². The molecule has 0 saturated carbocycles. The van der Waals surface area contributed by atoms with Crippen LogP contribution in [0.15, 0.2) is 54.6 Å². The fourth-order valence-electron chi connectivity index (χ4n) is 3.79. The minimum absolute atomic E-state index is 0.128. The fourth-order valence-corrected chi connectivity index (χ4v) is 3.79. The monoisotopic (exact) mass is 451 g/mol. The van der Waals surface area contributed by atoms with Gasteiger partial charge in [-0.25, -0.2) is 0 Å². The van der Waals surface area contributed by atoms with E-state index >= 15 is 0 Å². The zero-order valence-corrected chi connectivity index (χ0v) is 19.2. The Morgan fingerprint density at radius 3 is 2.39 bits per heavy atom. The topological polar surface area (TPSA) is 87.7 Å². The first-order valence-electron chi connectivity index (χ1n) is 11.7. The summed E-state index contributed by atoms with van der Waals surface area (Å²) < 4.78 is 5.65. The molecule has 0 spiro atoms. The van der Waals surface area contributed by atoms with Crippen LogP contribution in [-0.2, 0) is 4.79 Å². The van der Waals surface area contributed by atoms with E-state index in [0.29, 0.717) is 50.2 Å². The lowest BCUT2D eigenvalue weighted by Crippen LogP contribution is -2.46. The molecule has 2 aromatic carbocycles. The average Bonchev–Trinajstić information content (AvgIpc) is 3.34. The largest absolute Gasteiger partial charge is 0.494 e. The van der Waals surface area contributed by atoms with Gasteiger partial charge in [0.2, 0.25) is 5.91 Å². The van der Waals surface area contributed by atoms with Gasteiger partial charge in [0.1, 0.15) is 11.8 Å². The van der Waals surface area contributed by atoms with Crippen LogP contribution in [-0.4, -0.2) is 54.9 Å². The molecule has 1 saturated heterocycles. The van der Waals surface area contributed by atoms with Crippen LogP contribution >= 0.6 is 0 Å². The van der Waals surface area contributed by atoms with Gasteiger partial charge in [-0.3, -0.25) is 14.4 Å². The highest BCUT2D eigenvalue weighted by atomic mass is 16.5. The molecule has 1 heterocycles. The number of hydrogen-bond acceptors (Lipinski definition) is 4. The Hall–Kier alpha value is -3.35. The van der Waals surface area contributed by atoms with E-state index < -0.39 is 6.04 Å². The fraction of sp³-hybridized carbons (Fsp3) is 0.423. The summed E-state index contributed by atoms with van der Waals surface area (Å²) in [4.78, 5) is 39.4. The van der Waals surface area contributed by atoms with Crippen molar-refractivity contribution in [1.82, 2.24) is 15.5 Å². The summed E-state index contributed by atoms with van der Waals surface area (Å²) in [5, 5.41) is 5.75. The number of benzene rings is 2. The lowest BCUT2D eigenvalue weighted by atomic mass is 10.1. The predicted molar refractivity (Wildman–Crippen MR) is 127 cm³/mol. The SMILES string of the molecule is CCCCOc1ccc(C(=O)N2CCC[C@@H]2C(=O)NCCCNC(=O)c2ccccc2)cc1. The molecule has 7 nitrogen and oxygen atoms in total. The zero-order chi connectivity index (χ0) is 23.5. The lowest BCUT2D eigenvalue weighted by molar-refractivity contribution is -0.124. The van der Waals surface area contributed by atoms with Crippen LogP contribution in [0.2, 0.25) is 0 Å². The van der Waals surface area contributed by atoms with Gasteiger partial charge in [0.25, 0.3) is 11.8 Å². The molecule has 1 fully saturated rings. The average molecular weight is 452 g/mol. The minimum Gasteiger partial charge on any atom is -0.494 e. The molecule has 7 heteroatoms. The second-order valence-electron chi connectivity index (χ2n) is 8.15. The number of ether oxygens (including phenoxy) is 1. The van der Waals surface area contributed by atoms with E-state index in [-0.39, 0.29) is 17.7 Å². The molecule has 2 aromatic rings. The Morgan fingerprint density at radius 1 is 0.939 bits per heavy atom. The van der Waals surface area contributed by atoms with Gasteiger partial charge < -0.3 is 20.3 Å². The van der Waals surface area contributed by atoms with E-state index in [0.717, 1.165) is 25.0 Å². The second-order valence-corrected chi connectivity index (χ2v) is 8.15. The number of amides is 3. The maximum Gasteiger partial charge on any atom is 0.254 e. The third-order valence-corrected chi connectivity index (χ3v) is 5.66. The number of nitrogens with zero attached hydrogens (tertiary/aromatic N) is 1. The van der Waals surface area contributed by atoms with E-state index in [4.69, 9.17) is 4.74 Å². The smallest absolute Gasteiger partial charge is 0.254 e. The van der Waals surface area contributed by atoms with Crippen LogP contribution in [0.3, 0.4) is 0 Å². The number of nitrogens with one attached hydrogen (secondary N) is 2. The molecule has 1 aliphatic rings. The van der Waals surface area contributed by atoms with Gasteiger partial charge >= 0.3 is 0 Å². The van der Waals surface area contributed by atoms with Crippen molar-refractivity contribution in [3.05, 3.63) is 65.7 Å². The minimum atomic E-state index is -0.461. The number of unbranched alkanes of at least 4 members (excludes halogenated alkanes) is 1. The van der Waals surface area contributed by atoms with Crippen molar-refractivity contribution in [3.8, 4) is 5.75 Å². The number of likely N-dealkylation sites (tertiary alicyclic amines) is 1. The Balaban J connectivity index is 1.42. The quantitative estimate of drug-likeness (QED) is 0.513. The third kappa shape index (κ3) is 7.07. The number of carbonyl (C=O) groups is 3. The van der Waals surface area contributed by atoms with Crippen molar-refractivity contribution in [2.75, 3.05) is 26.2 Å². The highest BCUT2D eigenvalue weighted by Crippen LogP contribution is 2.22. The molecule has 176 valence electrons. The number of hydrogen-bond donors (Lipinski definition) is 2. The highest BCUT2D eigenvalue weighted by molar-refractivity contribution is 5.98. The Kier molecular flexibility index (Phi) is 9.30. The first-order chi connectivity index (χ1) is 16.1. The van der Waals surface area contributed by atoms with Crippen LogP contribution in [0.5, 0.6) is 5.75 Å². The van der Waals surface area contributed by atoms with Gasteiger partial charge in [-0.05, 0) is 62.1 Å². The molecule has 3 amide bonds. The molecule has 3 rings (SSSR count). The van der Waals surface area contributed by atoms with Crippen molar-refractivity contribution in [2.24, 2.45) is 0 Å². The van der Waals surface area contributed by atoms with E-state index in [9.17, 15) is 14.4 Å². The van der Waals surface area contributed by atoms with Gasteiger partial charge in [-0.2, -0.15) is 0 Å².